The predicted octanol–water partition coefficient (Wildman–Crippen LogP) is 2.14. The lowest BCUT2D eigenvalue weighted by atomic mass is 10.1. The van der Waals surface area contributed by atoms with E-state index in [1.54, 1.807) is 0 Å². The third-order valence-corrected chi connectivity index (χ3v) is 4.35. The minimum atomic E-state index is 0.298. The maximum Gasteiger partial charge on any atom is 0.231 e. The van der Waals surface area contributed by atoms with Crippen molar-refractivity contribution in [2.75, 3.05) is 13.8 Å². The summed E-state index contributed by atoms with van der Waals surface area (Å²) in [5.74, 6) is 2.73. The normalized spacial score (nSPS) is 27.2. The predicted molar refractivity (Wildman–Crippen MR) is 69.2 cm³/mol. The van der Waals surface area contributed by atoms with Gasteiger partial charge in [0.1, 0.15) is 0 Å². The first-order valence-corrected chi connectivity index (χ1v) is 6.91. The van der Waals surface area contributed by atoms with Crippen LogP contribution in [-0.2, 0) is 4.79 Å². The zero-order chi connectivity index (χ0) is 13.0. The van der Waals surface area contributed by atoms with Crippen LogP contribution in [0.15, 0.2) is 18.2 Å². The third kappa shape index (κ3) is 1.78. The molecule has 0 radical (unpaired) electrons. The van der Waals surface area contributed by atoms with Gasteiger partial charge in [-0.2, -0.15) is 0 Å². The lowest BCUT2D eigenvalue weighted by molar-refractivity contribution is -0.131. The number of rotatable bonds is 3. The number of hydrogen-bond donors (Lipinski definition) is 0. The van der Waals surface area contributed by atoms with Crippen LogP contribution in [0, 0.1) is 5.92 Å². The summed E-state index contributed by atoms with van der Waals surface area (Å²) in [6, 6.07) is 6.36. The van der Waals surface area contributed by atoms with Crippen molar-refractivity contribution in [2.45, 2.75) is 31.2 Å². The van der Waals surface area contributed by atoms with Gasteiger partial charge in [0.2, 0.25) is 12.7 Å². The molecule has 2 aliphatic carbocycles. The van der Waals surface area contributed by atoms with Gasteiger partial charge >= 0.3 is 0 Å². The Kier molecular flexibility index (Phi) is 2.28. The molecule has 4 heteroatoms. The van der Waals surface area contributed by atoms with Gasteiger partial charge in [0, 0.05) is 30.5 Å². The lowest BCUT2D eigenvalue weighted by Crippen LogP contribution is -2.30. The van der Waals surface area contributed by atoms with E-state index in [4.69, 9.17) is 9.47 Å². The van der Waals surface area contributed by atoms with Crippen molar-refractivity contribution in [1.82, 2.24) is 4.90 Å². The molecule has 1 aliphatic heterocycles. The van der Waals surface area contributed by atoms with E-state index < -0.39 is 0 Å². The van der Waals surface area contributed by atoms with Crippen LogP contribution >= 0.6 is 0 Å². The SMILES string of the molecule is CN(C(=O)C1CC1)C1CC1c1cccc2c1OCO2. The second-order valence-corrected chi connectivity index (χ2v) is 5.71. The average molecular weight is 259 g/mol. The van der Waals surface area contributed by atoms with E-state index >= 15 is 0 Å². The summed E-state index contributed by atoms with van der Waals surface area (Å²) in [6.45, 7) is 0.306. The molecule has 0 bridgehead atoms. The number of carbonyl (C=O) groups excluding carboxylic acids is 1. The maximum atomic E-state index is 12.1. The topological polar surface area (TPSA) is 38.8 Å². The number of fused-ring (bicyclic) bond motifs is 1. The van der Waals surface area contributed by atoms with Crippen molar-refractivity contribution in [3.8, 4) is 11.5 Å². The first-order valence-electron chi connectivity index (χ1n) is 6.91. The van der Waals surface area contributed by atoms with Crippen molar-refractivity contribution in [3.63, 3.8) is 0 Å². The molecule has 19 heavy (non-hydrogen) atoms. The fraction of sp³-hybridized carbons (Fsp3) is 0.533. The number of carbonyl (C=O) groups is 1. The van der Waals surface area contributed by atoms with E-state index in [-0.39, 0.29) is 0 Å². The standard InChI is InChI=1S/C15H17NO3/c1-16(15(17)9-5-6-9)12-7-11(12)10-3-2-4-13-14(10)19-8-18-13/h2-4,9,11-12H,5-8H2,1H3. The maximum absolute atomic E-state index is 12.1. The van der Waals surface area contributed by atoms with Gasteiger partial charge in [-0.15, -0.1) is 0 Å². The highest BCUT2D eigenvalue weighted by atomic mass is 16.7. The molecule has 2 saturated carbocycles. The zero-order valence-corrected chi connectivity index (χ0v) is 11.0. The van der Waals surface area contributed by atoms with Crippen LogP contribution < -0.4 is 9.47 Å². The first kappa shape index (κ1) is 11.1. The molecule has 4 nitrogen and oxygen atoms in total. The van der Waals surface area contributed by atoms with Crippen LogP contribution in [0.25, 0.3) is 0 Å². The highest BCUT2D eigenvalue weighted by Crippen LogP contribution is 2.51. The summed E-state index contributed by atoms with van der Waals surface area (Å²) in [5.41, 5.74) is 1.19. The van der Waals surface area contributed by atoms with Crippen LogP contribution in [0.5, 0.6) is 11.5 Å². The van der Waals surface area contributed by atoms with Crippen LogP contribution in [0.1, 0.15) is 30.7 Å². The van der Waals surface area contributed by atoms with Crippen LogP contribution in [0.2, 0.25) is 0 Å². The fourth-order valence-electron chi connectivity index (χ4n) is 2.97. The minimum absolute atomic E-state index is 0.298. The number of ether oxygens (including phenoxy) is 2. The molecular weight excluding hydrogens is 242 g/mol. The highest BCUT2D eigenvalue weighted by molar-refractivity contribution is 5.81. The quantitative estimate of drug-likeness (QED) is 0.834. The summed E-state index contributed by atoms with van der Waals surface area (Å²) in [7, 11) is 1.94. The summed E-state index contributed by atoms with van der Waals surface area (Å²) < 4.78 is 11.0. The van der Waals surface area contributed by atoms with Crippen LogP contribution in [0.4, 0.5) is 0 Å². The summed E-state index contributed by atoms with van der Waals surface area (Å²) in [6.07, 6.45) is 3.17. The average Bonchev–Trinajstić information content (AvgIpc) is 3.33. The van der Waals surface area contributed by atoms with Gasteiger partial charge in [-0.1, -0.05) is 12.1 Å². The zero-order valence-electron chi connectivity index (χ0n) is 11.0. The number of nitrogens with zero attached hydrogens (tertiary/aromatic N) is 1. The largest absolute Gasteiger partial charge is 0.454 e. The lowest BCUT2D eigenvalue weighted by Gasteiger charge is -2.17. The Morgan fingerprint density at radius 1 is 1.32 bits per heavy atom. The van der Waals surface area contributed by atoms with E-state index in [0.29, 0.717) is 30.6 Å². The number of likely N-dealkylation sites (N-methyl/N-ethyl adjacent to an activating group) is 1. The number of amides is 1. The Morgan fingerprint density at radius 2 is 2.16 bits per heavy atom. The van der Waals surface area contributed by atoms with Crippen molar-refractivity contribution >= 4 is 5.91 Å². The smallest absolute Gasteiger partial charge is 0.231 e. The summed E-state index contributed by atoms with van der Waals surface area (Å²) in [4.78, 5) is 14.0. The van der Waals surface area contributed by atoms with Gasteiger partial charge in [-0.3, -0.25) is 4.79 Å². The fourth-order valence-corrected chi connectivity index (χ4v) is 2.97. The van der Waals surface area contributed by atoms with E-state index in [0.717, 1.165) is 30.8 Å². The highest BCUT2D eigenvalue weighted by Gasteiger charge is 2.47. The molecular formula is C15H17NO3. The number of para-hydroxylation sites is 1. The molecule has 3 aliphatic rings. The molecule has 0 N–H and O–H groups in total. The Hall–Kier alpha value is -1.71. The number of hydrogen-bond acceptors (Lipinski definition) is 3. The molecule has 4 rings (SSSR count). The van der Waals surface area contributed by atoms with Gasteiger partial charge in [0.15, 0.2) is 11.5 Å². The van der Waals surface area contributed by atoms with Crippen molar-refractivity contribution < 1.29 is 14.3 Å². The number of benzene rings is 1. The third-order valence-electron chi connectivity index (χ3n) is 4.35. The van der Waals surface area contributed by atoms with Crippen molar-refractivity contribution in [2.24, 2.45) is 5.92 Å². The molecule has 100 valence electrons. The van der Waals surface area contributed by atoms with E-state index in [9.17, 15) is 4.79 Å². The Labute approximate surface area is 112 Å². The Morgan fingerprint density at radius 3 is 2.95 bits per heavy atom. The van der Waals surface area contributed by atoms with Crippen molar-refractivity contribution in [3.05, 3.63) is 23.8 Å². The van der Waals surface area contributed by atoms with E-state index in [2.05, 4.69) is 6.07 Å². The Bertz CT molecular complexity index is 538. The molecule has 1 aromatic carbocycles. The molecule has 2 unspecified atom stereocenters. The molecule has 0 aromatic heterocycles. The monoisotopic (exact) mass is 259 g/mol. The molecule has 2 fully saturated rings. The van der Waals surface area contributed by atoms with Crippen LogP contribution in [0.3, 0.4) is 0 Å². The van der Waals surface area contributed by atoms with E-state index in [1.807, 2.05) is 24.1 Å². The molecule has 1 amide bonds. The second-order valence-electron chi connectivity index (χ2n) is 5.71. The van der Waals surface area contributed by atoms with Crippen LogP contribution in [-0.4, -0.2) is 30.7 Å². The summed E-state index contributed by atoms with van der Waals surface area (Å²) in [5, 5.41) is 0. The van der Waals surface area contributed by atoms with Gasteiger partial charge in [-0.25, -0.2) is 0 Å². The summed E-state index contributed by atoms with van der Waals surface area (Å²) >= 11 is 0. The van der Waals surface area contributed by atoms with Gasteiger partial charge in [0.05, 0.1) is 0 Å². The van der Waals surface area contributed by atoms with Crippen molar-refractivity contribution in [1.29, 1.82) is 0 Å². The Balaban J connectivity index is 1.53. The molecule has 0 spiro atoms. The first-order chi connectivity index (χ1) is 9.25. The molecule has 1 aromatic rings. The molecule has 2 atom stereocenters. The minimum Gasteiger partial charge on any atom is -0.454 e. The second kappa shape index (κ2) is 3.89. The van der Waals surface area contributed by atoms with Gasteiger partial charge in [-0.05, 0) is 25.3 Å². The molecule has 1 heterocycles. The van der Waals surface area contributed by atoms with E-state index in [1.165, 1.54) is 5.56 Å². The van der Waals surface area contributed by atoms with Gasteiger partial charge < -0.3 is 14.4 Å². The molecule has 0 saturated heterocycles. The van der Waals surface area contributed by atoms with Gasteiger partial charge in [0.25, 0.3) is 0 Å².